The molecular formula is C21H25F3N4O. The van der Waals surface area contributed by atoms with E-state index in [-0.39, 0.29) is 18.0 Å². The summed E-state index contributed by atoms with van der Waals surface area (Å²) in [6, 6.07) is 10.1. The molecule has 1 aromatic carbocycles. The maximum absolute atomic E-state index is 12.8. The van der Waals surface area contributed by atoms with Crippen LogP contribution in [0.3, 0.4) is 0 Å². The molecule has 8 heteroatoms. The summed E-state index contributed by atoms with van der Waals surface area (Å²) in [5.74, 6) is -0.103. The van der Waals surface area contributed by atoms with Gasteiger partial charge >= 0.3 is 6.18 Å². The first-order valence-electron chi connectivity index (χ1n) is 9.60. The third-order valence-electron chi connectivity index (χ3n) is 5.11. The van der Waals surface area contributed by atoms with E-state index in [9.17, 15) is 18.0 Å². The molecule has 0 aliphatic heterocycles. The van der Waals surface area contributed by atoms with Gasteiger partial charge in [-0.2, -0.15) is 13.2 Å². The number of rotatable bonds is 5. The Hall–Kier alpha value is -2.77. The Kier molecular flexibility index (Phi) is 6.30. The average molecular weight is 406 g/mol. The number of halogens is 3. The smallest absolute Gasteiger partial charge is 0.382 e. The summed E-state index contributed by atoms with van der Waals surface area (Å²) < 4.78 is 38.4. The molecule has 29 heavy (non-hydrogen) atoms. The Morgan fingerprint density at radius 3 is 2.41 bits per heavy atom. The minimum absolute atomic E-state index is 0.0618. The second-order valence-electron chi connectivity index (χ2n) is 7.54. The number of carbonyl (C=O) groups is 1. The van der Waals surface area contributed by atoms with Gasteiger partial charge in [-0.15, -0.1) is 0 Å². The molecule has 0 radical (unpaired) electrons. The molecule has 0 bridgehead atoms. The van der Waals surface area contributed by atoms with Crippen molar-refractivity contribution in [1.29, 1.82) is 0 Å². The van der Waals surface area contributed by atoms with Crippen LogP contribution in [-0.4, -0.2) is 37.1 Å². The molecule has 3 rings (SSSR count). The van der Waals surface area contributed by atoms with Crippen molar-refractivity contribution in [2.45, 2.75) is 43.9 Å². The molecule has 0 unspecified atom stereocenters. The molecule has 5 nitrogen and oxygen atoms in total. The van der Waals surface area contributed by atoms with Crippen LogP contribution in [-0.2, 0) is 6.18 Å². The van der Waals surface area contributed by atoms with Gasteiger partial charge in [0.15, 0.2) is 0 Å². The van der Waals surface area contributed by atoms with E-state index in [4.69, 9.17) is 0 Å². The predicted octanol–water partition coefficient (Wildman–Crippen LogP) is 4.32. The van der Waals surface area contributed by atoms with E-state index in [0.717, 1.165) is 37.4 Å². The van der Waals surface area contributed by atoms with E-state index in [2.05, 4.69) is 15.6 Å². The first-order valence-corrected chi connectivity index (χ1v) is 9.60. The number of nitrogens with one attached hydrogen (secondary N) is 2. The number of nitrogens with zero attached hydrogens (tertiary/aromatic N) is 2. The quantitative estimate of drug-likeness (QED) is 0.777. The third kappa shape index (κ3) is 5.62. The van der Waals surface area contributed by atoms with E-state index in [1.807, 2.05) is 37.2 Å². The van der Waals surface area contributed by atoms with Crippen molar-refractivity contribution in [1.82, 2.24) is 10.3 Å². The van der Waals surface area contributed by atoms with Gasteiger partial charge in [0.05, 0.1) is 0 Å². The lowest BCUT2D eigenvalue weighted by Gasteiger charge is -2.30. The van der Waals surface area contributed by atoms with Crippen molar-refractivity contribution in [3.05, 3.63) is 53.9 Å². The molecule has 1 aliphatic carbocycles. The molecule has 0 spiro atoms. The number of hydrogen-bond donors (Lipinski definition) is 2. The van der Waals surface area contributed by atoms with Crippen LogP contribution in [0.4, 0.5) is 24.5 Å². The summed E-state index contributed by atoms with van der Waals surface area (Å²) >= 11 is 0. The van der Waals surface area contributed by atoms with Crippen LogP contribution < -0.4 is 15.5 Å². The lowest BCUT2D eigenvalue weighted by Crippen LogP contribution is -2.40. The Morgan fingerprint density at radius 2 is 1.76 bits per heavy atom. The molecule has 1 fully saturated rings. The maximum atomic E-state index is 12.8. The molecule has 2 N–H and O–H groups in total. The SMILES string of the molecule is CN(C)c1cccc(C(=O)NC2CCC(Nc3ccnc(C(F)(F)F)c3)CC2)c1. The van der Waals surface area contributed by atoms with Crippen molar-refractivity contribution in [3.63, 3.8) is 0 Å². The second kappa shape index (κ2) is 8.71. The van der Waals surface area contributed by atoms with Crippen molar-refractivity contribution < 1.29 is 18.0 Å². The summed E-state index contributed by atoms with van der Waals surface area (Å²) in [6.07, 6.45) is -0.205. The van der Waals surface area contributed by atoms with Gasteiger partial charge in [0.25, 0.3) is 5.91 Å². The van der Waals surface area contributed by atoms with Gasteiger partial charge in [0, 0.05) is 49.3 Å². The van der Waals surface area contributed by atoms with Crippen molar-refractivity contribution in [2.75, 3.05) is 24.3 Å². The van der Waals surface area contributed by atoms with E-state index in [1.165, 1.54) is 6.20 Å². The standard InChI is InChI=1S/C21H25F3N4O/c1-28(2)18-5-3-4-14(12-18)20(29)27-16-8-6-15(7-9-16)26-17-10-11-25-19(13-17)21(22,23)24/h3-5,10-13,15-16H,6-9H2,1-2H3,(H,25,26)(H,27,29). The van der Waals surface area contributed by atoms with Crippen LogP contribution in [0, 0.1) is 0 Å². The number of anilines is 2. The van der Waals surface area contributed by atoms with E-state index in [0.29, 0.717) is 11.3 Å². The first-order chi connectivity index (χ1) is 13.7. The number of aromatic nitrogens is 1. The average Bonchev–Trinajstić information content (AvgIpc) is 2.69. The summed E-state index contributed by atoms with van der Waals surface area (Å²) in [4.78, 5) is 17.9. The monoisotopic (exact) mass is 406 g/mol. The molecule has 0 saturated heterocycles. The minimum atomic E-state index is -4.45. The molecular weight excluding hydrogens is 381 g/mol. The van der Waals surface area contributed by atoms with E-state index < -0.39 is 11.9 Å². The highest BCUT2D eigenvalue weighted by Crippen LogP contribution is 2.30. The van der Waals surface area contributed by atoms with Crippen LogP contribution in [0.25, 0.3) is 0 Å². The van der Waals surface area contributed by atoms with Gasteiger partial charge in [0.2, 0.25) is 0 Å². The molecule has 0 atom stereocenters. The minimum Gasteiger partial charge on any atom is -0.382 e. The summed E-state index contributed by atoms with van der Waals surface area (Å²) in [7, 11) is 3.84. The zero-order valence-corrected chi connectivity index (χ0v) is 16.5. The summed E-state index contributed by atoms with van der Waals surface area (Å²) in [6.45, 7) is 0. The van der Waals surface area contributed by atoms with Gasteiger partial charge in [0.1, 0.15) is 5.69 Å². The predicted molar refractivity (Wildman–Crippen MR) is 107 cm³/mol. The number of amides is 1. The van der Waals surface area contributed by atoms with Crippen LogP contribution >= 0.6 is 0 Å². The third-order valence-corrected chi connectivity index (χ3v) is 5.11. The van der Waals surface area contributed by atoms with Gasteiger partial charge < -0.3 is 15.5 Å². The fraction of sp³-hybridized carbons (Fsp3) is 0.429. The zero-order chi connectivity index (χ0) is 21.0. The van der Waals surface area contributed by atoms with Gasteiger partial charge in [-0.05, 0) is 56.0 Å². The highest BCUT2D eigenvalue weighted by molar-refractivity contribution is 5.95. The Bertz CT molecular complexity index is 846. The largest absolute Gasteiger partial charge is 0.433 e. The number of alkyl halides is 3. The summed E-state index contributed by atoms with van der Waals surface area (Å²) in [5.41, 5.74) is 1.10. The van der Waals surface area contributed by atoms with E-state index >= 15 is 0 Å². The van der Waals surface area contributed by atoms with Gasteiger partial charge in [-0.25, -0.2) is 0 Å². The fourth-order valence-electron chi connectivity index (χ4n) is 3.49. The number of carbonyl (C=O) groups excluding carboxylic acids is 1. The highest BCUT2D eigenvalue weighted by Gasteiger charge is 2.32. The second-order valence-corrected chi connectivity index (χ2v) is 7.54. The van der Waals surface area contributed by atoms with E-state index in [1.54, 1.807) is 12.1 Å². The van der Waals surface area contributed by atoms with Crippen LogP contribution in [0.15, 0.2) is 42.6 Å². The van der Waals surface area contributed by atoms with Crippen LogP contribution in [0.2, 0.25) is 0 Å². The maximum Gasteiger partial charge on any atom is 0.433 e. The van der Waals surface area contributed by atoms with Gasteiger partial charge in [-0.3, -0.25) is 9.78 Å². The summed E-state index contributed by atoms with van der Waals surface area (Å²) in [5, 5.41) is 6.23. The molecule has 1 saturated carbocycles. The molecule has 1 aliphatic rings. The highest BCUT2D eigenvalue weighted by atomic mass is 19.4. The van der Waals surface area contributed by atoms with Crippen molar-refractivity contribution >= 4 is 17.3 Å². The van der Waals surface area contributed by atoms with Crippen LogP contribution in [0.5, 0.6) is 0 Å². The Morgan fingerprint density at radius 1 is 1.07 bits per heavy atom. The first kappa shape index (κ1) is 21.0. The normalized spacial score (nSPS) is 19.5. The molecule has 2 aromatic rings. The van der Waals surface area contributed by atoms with Crippen LogP contribution in [0.1, 0.15) is 41.7 Å². The van der Waals surface area contributed by atoms with Crippen molar-refractivity contribution in [3.8, 4) is 0 Å². The lowest BCUT2D eigenvalue weighted by atomic mass is 9.90. The van der Waals surface area contributed by atoms with Crippen molar-refractivity contribution in [2.24, 2.45) is 0 Å². The fourth-order valence-corrected chi connectivity index (χ4v) is 3.49. The lowest BCUT2D eigenvalue weighted by molar-refractivity contribution is -0.141. The topological polar surface area (TPSA) is 57.3 Å². The zero-order valence-electron chi connectivity index (χ0n) is 16.5. The molecule has 156 valence electrons. The Balaban J connectivity index is 1.52. The number of benzene rings is 1. The number of pyridine rings is 1. The molecule has 1 amide bonds. The number of hydrogen-bond acceptors (Lipinski definition) is 4. The Labute approximate surface area is 168 Å². The molecule has 1 aromatic heterocycles. The van der Waals surface area contributed by atoms with Gasteiger partial charge in [-0.1, -0.05) is 6.07 Å². The molecule has 1 heterocycles.